The van der Waals surface area contributed by atoms with Crippen LogP contribution in [0.25, 0.3) is 11.0 Å². The molecule has 136 valence electrons. The number of halogens is 1. The van der Waals surface area contributed by atoms with Crippen LogP contribution in [0.15, 0.2) is 71.2 Å². The number of aromatic nitrogens is 4. The lowest BCUT2D eigenvalue weighted by atomic mass is 10.1. The molecule has 0 aliphatic carbocycles. The van der Waals surface area contributed by atoms with Gasteiger partial charge in [0.25, 0.3) is 0 Å². The standard InChI is InChI=1S/C19H15ClN4OS2/c1-27(25)19-22-9-13(10-23-19)7-14-12-24(26-16-5-3-2-4-6-16)18-17(14)8-15(20)11-21-18/h2-6,8-12H,7H2,1H3/t27-/m1/s1. The van der Waals surface area contributed by atoms with E-state index in [9.17, 15) is 4.21 Å². The molecule has 0 unspecified atom stereocenters. The number of hydrogen-bond acceptors (Lipinski definition) is 5. The van der Waals surface area contributed by atoms with Crippen molar-refractivity contribution in [3.05, 3.63) is 77.3 Å². The van der Waals surface area contributed by atoms with E-state index in [1.54, 1.807) is 36.8 Å². The summed E-state index contributed by atoms with van der Waals surface area (Å²) in [5, 5.41) is 1.93. The number of nitrogens with zero attached hydrogens (tertiary/aromatic N) is 4. The first-order valence-electron chi connectivity index (χ1n) is 8.13. The fourth-order valence-electron chi connectivity index (χ4n) is 2.72. The quantitative estimate of drug-likeness (QED) is 0.454. The minimum absolute atomic E-state index is 0.338. The highest BCUT2D eigenvalue weighted by atomic mass is 35.5. The summed E-state index contributed by atoms with van der Waals surface area (Å²) in [6.45, 7) is 0. The molecule has 0 saturated carbocycles. The van der Waals surface area contributed by atoms with Crippen molar-refractivity contribution in [1.29, 1.82) is 0 Å². The first-order chi connectivity index (χ1) is 13.1. The zero-order valence-electron chi connectivity index (χ0n) is 14.4. The molecule has 0 saturated heterocycles. The molecular weight excluding hydrogens is 400 g/mol. The Morgan fingerprint density at radius 2 is 1.85 bits per heavy atom. The van der Waals surface area contributed by atoms with E-state index in [0.717, 1.165) is 27.1 Å². The van der Waals surface area contributed by atoms with Gasteiger partial charge in [0.1, 0.15) is 0 Å². The summed E-state index contributed by atoms with van der Waals surface area (Å²) in [6, 6.07) is 12.1. The number of pyridine rings is 1. The van der Waals surface area contributed by atoms with Gasteiger partial charge in [-0.05, 0) is 41.3 Å². The fraction of sp³-hybridized carbons (Fsp3) is 0.105. The Morgan fingerprint density at radius 3 is 2.56 bits per heavy atom. The molecule has 0 amide bonds. The van der Waals surface area contributed by atoms with Gasteiger partial charge >= 0.3 is 0 Å². The van der Waals surface area contributed by atoms with Crippen LogP contribution in [0.1, 0.15) is 11.1 Å². The molecule has 1 atom stereocenters. The van der Waals surface area contributed by atoms with Crippen molar-refractivity contribution >= 4 is 45.4 Å². The Morgan fingerprint density at radius 1 is 1.11 bits per heavy atom. The van der Waals surface area contributed by atoms with Crippen LogP contribution in [0.5, 0.6) is 0 Å². The van der Waals surface area contributed by atoms with Crippen molar-refractivity contribution in [1.82, 2.24) is 18.9 Å². The average molecular weight is 415 g/mol. The van der Waals surface area contributed by atoms with E-state index in [-0.39, 0.29) is 0 Å². The van der Waals surface area contributed by atoms with Crippen molar-refractivity contribution in [2.45, 2.75) is 16.5 Å². The zero-order valence-corrected chi connectivity index (χ0v) is 16.8. The van der Waals surface area contributed by atoms with Gasteiger partial charge in [-0.1, -0.05) is 29.8 Å². The molecule has 3 aromatic heterocycles. The molecule has 1 aromatic carbocycles. The third-order valence-corrected chi connectivity index (χ3v) is 5.83. The van der Waals surface area contributed by atoms with E-state index in [0.29, 0.717) is 16.6 Å². The van der Waals surface area contributed by atoms with Crippen LogP contribution in [-0.4, -0.2) is 29.4 Å². The van der Waals surface area contributed by atoms with E-state index < -0.39 is 10.8 Å². The van der Waals surface area contributed by atoms with Crippen molar-refractivity contribution in [3.63, 3.8) is 0 Å². The number of rotatable bonds is 5. The summed E-state index contributed by atoms with van der Waals surface area (Å²) in [5.74, 6) is 0. The molecule has 27 heavy (non-hydrogen) atoms. The zero-order chi connectivity index (χ0) is 18.8. The average Bonchev–Trinajstić information content (AvgIpc) is 2.99. The summed E-state index contributed by atoms with van der Waals surface area (Å²) < 4.78 is 13.5. The van der Waals surface area contributed by atoms with Gasteiger partial charge < -0.3 is 0 Å². The lowest BCUT2D eigenvalue weighted by molar-refractivity contribution is 0.679. The molecule has 5 nitrogen and oxygen atoms in total. The lowest BCUT2D eigenvalue weighted by Gasteiger charge is -2.03. The fourth-order valence-corrected chi connectivity index (χ4v) is 4.20. The molecule has 0 N–H and O–H groups in total. The molecule has 0 bridgehead atoms. The first kappa shape index (κ1) is 18.2. The largest absolute Gasteiger partial charge is 0.270 e. The number of fused-ring (bicyclic) bond motifs is 1. The minimum Gasteiger partial charge on any atom is -0.270 e. The molecule has 4 aromatic rings. The highest BCUT2D eigenvalue weighted by Crippen LogP contribution is 2.30. The van der Waals surface area contributed by atoms with Gasteiger partial charge in [-0.2, -0.15) is 0 Å². The summed E-state index contributed by atoms with van der Waals surface area (Å²) in [5.41, 5.74) is 2.88. The van der Waals surface area contributed by atoms with Crippen LogP contribution in [0.2, 0.25) is 5.02 Å². The summed E-state index contributed by atoms with van der Waals surface area (Å²) >= 11 is 7.78. The Hall–Kier alpha value is -2.22. The van der Waals surface area contributed by atoms with Crippen LogP contribution in [0, 0.1) is 0 Å². The van der Waals surface area contributed by atoms with Crippen LogP contribution < -0.4 is 0 Å². The third kappa shape index (κ3) is 4.05. The summed E-state index contributed by atoms with van der Waals surface area (Å²) in [6.07, 6.45) is 9.36. The molecule has 4 rings (SSSR count). The van der Waals surface area contributed by atoms with E-state index in [1.807, 2.05) is 28.2 Å². The van der Waals surface area contributed by atoms with Gasteiger partial charge in [0.05, 0.1) is 15.8 Å². The second-order valence-corrected chi connectivity index (χ2v) is 8.67. The lowest BCUT2D eigenvalue weighted by Crippen LogP contribution is -1.98. The molecule has 3 heterocycles. The summed E-state index contributed by atoms with van der Waals surface area (Å²) in [4.78, 5) is 14.0. The highest BCUT2D eigenvalue weighted by Gasteiger charge is 2.13. The van der Waals surface area contributed by atoms with Crippen LogP contribution in [0.3, 0.4) is 0 Å². The van der Waals surface area contributed by atoms with E-state index in [1.165, 1.54) is 0 Å². The van der Waals surface area contributed by atoms with Crippen molar-refractivity contribution < 1.29 is 4.21 Å². The van der Waals surface area contributed by atoms with Crippen LogP contribution in [-0.2, 0) is 17.2 Å². The van der Waals surface area contributed by atoms with Gasteiger partial charge in [-0.15, -0.1) is 0 Å². The monoisotopic (exact) mass is 414 g/mol. The Kier molecular flexibility index (Phi) is 5.24. The molecule has 0 spiro atoms. The van der Waals surface area contributed by atoms with E-state index in [4.69, 9.17) is 11.6 Å². The maximum Gasteiger partial charge on any atom is 0.218 e. The van der Waals surface area contributed by atoms with E-state index in [2.05, 4.69) is 33.3 Å². The highest BCUT2D eigenvalue weighted by molar-refractivity contribution is 7.98. The Bertz CT molecular complexity index is 1110. The molecular formula is C19H15ClN4OS2. The van der Waals surface area contributed by atoms with Gasteiger partial charge in [-0.25, -0.2) is 15.0 Å². The van der Waals surface area contributed by atoms with Crippen LogP contribution >= 0.6 is 23.5 Å². The van der Waals surface area contributed by atoms with E-state index >= 15 is 0 Å². The van der Waals surface area contributed by atoms with Gasteiger partial charge in [0.2, 0.25) is 5.16 Å². The maximum absolute atomic E-state index is 11.5. The van der Waals surface area contributed by atoms with Gasteiger partial charge in [0.15, 0.2) is 5.65 Å². The number of hydrogen-bond donors (Lipinski definition) is 0. The second kappa shape index (κ2) is 7.80. The number of benzene rings is 1. The SMILES string of the molecule is C[S@@](=O)c1ncc(Cc2cn(Sc3ccccc3)c3ncc(Cl)cc23)cn1. The first-order valence-corrected chi connectivity index (χ1v) is 10.8. The molecule has 8 heteroatoms. The maximum atomic E-state index is 11.5. The summed E-state index contributed by atoms with van der Waals surface area (Å²) in [7, 11) is -1.18. The molecule has 0 radical (unpaired) electrons. The normalized spacial score (nSPS) is 12.4. The predicted octanol–water partition coefficient (Wildman–Crippen LogP) is 4.36. The molecule has 0 aliphatic rings. The Balaban J connectivity index is 1.71. The smallest absolute Gasteiger partial charge is 0.218 e. The predicted molar refractivity (Wildman–Crippen MR) is 110 cm³/mol. The van der Waals surface area contributed by atoms with Crippen molar-refractivity contribution in [3.8, 4) is 0 Å². The van der Waals surface area contributed by atoms with Crippen molar-refractivity contribution in [2.75, 3.05) is 6.26 Å². The van der Waals surface area contributed by atoms with Gasteiger partial charge in [-0.3, -0.25) is 8.18 Å². The van der Waals surface area contributed by atoms with Crippen molar-refractivity contribution in [2.24, 2.45) is 0 Å². The minimum atomic E-state index is -1.18. The topological polar surface area (TPSA) is 60.7 Å². The molecule has 0 aliphatic heterocycles. The van der Waals surface area contributed by atoms with Crippen LogP contribution in [0.4, 0.5) is 0 Å². The molecule has 0 fully saturated rings. The van der Waals surface area contributed by atoms with Gasteiger partial charge in [0, 0.05) is 47.7 Å². The second-order valence-electron chi connectivity index (χ2n) is 5.91. The Labute approximate surface area is 168 Å². The third-order valence-electron chi connectivity index (χ3n) is 3.94.